The fourth-order valence-electron chi connectivity index (χ4n) is 1.11. The van der Waals surface area contributed by atoms with Crippen LogP contribution in [0.1, 0.15) is 20.7 Å². The normalized spacial score (nSPS) is 9.69. The summed E-state index contributed by atoms with van der Waals surface area (Å²) in [5, 5.41) is 9.34. The molecule has 1 rings (SSSR count). The minimum atomic E-state index is -0.740. The Balaban J connectivity index is 3.28. The van der Waals surface area contributed by atoms with Crippen LogP contribution in [0.25, 0.3) is 0 Å². The second-order valence-corrected chi connectivity index (χ2v) is 3.18. The van der Waals surface area contributed by atoms with Crippen molar-refractivity contribution in [3.05, 3.63) is 28.3 Å². The summed E-state index contributed by atoms with van der Waals surface area (Å²) in [6.45, 7) is 0. The van der Waals surface area contributed by atoms with Crippen molar-refractivity contribution in [3.8, 4) is 5.75 Å². The molecule has 0 heterocycles. The molecule has 0 radical (unpaired) electrons. The second kappa shape index (κ2) is 4.85. The number of halogens is 1. The summed E-state index contributed by atoms with van der Waals surface area (Å²) in [6, 6.07) is 2.51. The average molecular weight is 245 g/mol. The third kappa shape index (κ3) is 2.09. The molecule has 0 aliphatic heterocycles. The topological polar surface area (TPSA) is 72.8 Å². The Morgan fingerprint density at radius 3 is 2.06 bits per heavy atom. The summed E-state index contributed by atoms with van der Waals surface area (Å²) in [5.41, 5.74) is -0.130. The fourth-order valence-corrected chi connectivity index (χ4v) is 1.35. The lowest BCUT2D eigenvalue weighted by molar-refractivity contribution is 0.0583. The van der Waals surface area contributed by atoms with Gasteiger partial charge in [-0.05, 0) is 12.1 Å². The third-order valence-electron chi connectivity index (χ3n) is 1.93. The van der Waals surface area contributed by atoms with E-state index in [0.717, 1.165) is 0 Å². The van der Waals surface area contributed by atoms with Crippen LogP contribution in [-0.4, -0.2) is 31.3 Å². The van der Waals surface area contributed by atoms with Gasteiger partial charge in [-0.1, -0.05) is 11.6 Å². The number of phenols is 1. The highest BCUT2D eigenvalue weighted by Gasteiger charge is 2.20. The summed E-state index contributed by atoms with van der Waals surface area (Å²) in [6.07, 6.45) is 0. The fraction of sp³-hybridized carbons (Fsp3) is 0.200. The van der Waals surface area contributed by atoms with Crippen molar-refractivity contribution in [1.29, 1.82) is 0 Å². The number of ether oxygens (including phenoxy) is 2. The minimum absolute atomic E-state index is 0.0191. The highest BCUT2D eigenvalue weighted by molar-refractivity contribution is 6.35. The average Bonchev–Trinajstić information content (AvgIpc) is 2.30. The standard InChI is InChI=1S/C10H9ClO5/c1-15-9(13)5-3-4-6(10(14)16-2)8(12)7(5)11/h3-4,12H,1-2H3. The van der Waals surface area contributed by atoms with Crippen LogP contribution in [0, 0.1) is 0 Å². The van der Waals surface area contributed by atoms with Crippen LogP contribution >= 0.6 is 11.6 Å². The van der Waals surface area contributed by atoms with Gasteiger partial charge in [0.05, 0.1) is 24.8 Å². The van der Waals surface area contributed by atoms with Gasteiger partial charge < -0.3 is 14.6 Å². The largest absolute Gasteiger partial charge is 0.505 e. The van der Waals surface area contributed by atoms with Crippen LogP contribution in [0.4, 0.5) is 0 Å². The lowest BCUT2D eigenvalue weighted by Gasteiger charge is -2.07. The predicted molar refractivity (Wildman–Crippen MR) is 55.8 cm³/mol. The Kier molecular flexibility index (Phi) is 3.73. The molecule has 86 valence electrons. The van der Waals surface area contributed by atoms with E-state index in [1.807, 2.05) is 0 Å². The van der Waals surface area contributed by atoms with Crippen molar-refractivity contribution < 1.29 is 24.2 Å². The molecule has 16 heavy (non-hydrogen) atoms. The van der Waals surface area contributed by atoms with E-state index in [9.17, 15) is 14.7 Å². The van der Waals surface area contributed by atoms with Crippen molar-refractivity contribution >= 4 is 23.5 Å². The van der Waals surface area contributed by atoms with Gasteiger partial charge in [-0.15, -0.1) is 0 Å². The van der Waals surface area contributed by atoms with Crippen LogP contribution in [0.5, 0.6) is 5.75 Å². The zero-order chi connectivity index (χ0) is 12.3. The Hall–Kier alpha value is -1.75. The molecule has 0 unspecified atom stereocenters. The number of rotatable bonds is 2. The van der Waals surface area contributed by atoms with Crippen LogP contribution in [0.2, 0.25) is 5.02 Å². The molecule has 0 atom stereocenters. The third-order valence-corrected chi connectivity index (χ3v) is 2.31. The van der Waals surface area contributed by atoms with E-state index in [0.29, 0.717) is 0 Å². The van der Waals surface area contributed by atoms with Gasteiger partial charge in [0.15, 0.2) is 0 Å². The molecule has 0 saturated heterocycles. The molecule has 6 heteroatoms. The van der Waals surface area contributed by atoms with Crippen LogP contribution in [-0.2, 0) is 9.47 Å². The quantitative estimate of drug-likeness (QED) is 0.801. The van der Waals surface area contributed by atoms with Crippen molar-refractivity contribution in [2.24, 2.45) is 0 Å². The molecule has 0 aromatic heterocycles. The first kappa shape index (κ1) is 12.3. The summed E-state index contributed by atoms with van der Waals surface area (Å²) in [5.74, 6) is -1.94. The lowest BCUT2D eigenvalue weighted by atomic mass is 10.1. The van der Waals surface area contributed by atoms with Gasteiger partial charge in [0, 0.05) is 0 Å². The molecule has 1 aromatic carbocycles. The first-order valence-corrected chi connectivity index (χ1v) is 4.58. The van der Waals surface area contributed by atoms with E-state index in [4.69, 9.17) is 11.6 Å². The number of carbonyl (C=O) groups is 2. The molecule has 0 bridgehead atoms. The molecule has 0 spiro atoms. The lowest BCUT2D eigenvalue weighted by Crippen LogP contribution is -2.06. The number of hydrogen-bond donors (Lipinski definition) is 1. The minimum Gasteiger partial charge on any atom is -0.505 e. The molecule has 1 aromatic rings. The number of hydrogen-bond acceptors (Lipinski definition) is 5. The monoisotopic (exact) mass is 244 g/mol. The SMILES string of the molecule is COC(=O)c1ccc(C(=O)OC)c(Cl)c1O. The maximum atomic E-state index is 11.2. The summed E-state index contributed by atoms with van der Waals surface area (Å²) in [7, 11) is 2.35. The number of carbonyl (C=O) groups excluding carboxylic acids is 2. The Labute approximate surface area is 96.5 Å². The summed E-state index contributed by atoms with van der Waals surface area (Å²) < 4.78 is 8.87. The molecule has 0 amide bonds. The van der Waals surface area contributed by atoms with E-state index in [1.54, 1.807) is 0 Å². The van der Waals surface area contributed by atoms with Gasteiger partial charge in [-0.3, -0.25) is 0 Å². The van der Waals surface area contributed by atoms with Gasteiger partial charge in [-0.2, -0.15) is 0 Å². The van der Waals surface area contributed by atoms with Crippen molar-refractivity contribution in [2.45, 2.75) is 0 Å². The zero-order valence-corrected chi connectivity index (χ0v) is 9.37. The molecule has 1 N–H and O–H groups in total. The zero-order valence-electron chi connectivity index (χ0n) is 8.61. The van der Waals surface area contributed by atoms with Crippen molar-refractivity contribution in [1.82, 2.24) is 0 Å². The Morgan fingerprint density at radius 2 is 1.56 bits per heavy atom. The molecular weight excluding hydrogens is 236 g/mol. The number of methoxy groups -OCH3 is 2. The van der Waals surface area contributed by atoms with E-state index in [1.165, 1.54) is 26.4 Å². The predicted octanol–water partition coefficient (Wildman–Crippen LogP) is 1.62. The Bertz CT molecular complexity index is 400. The molecular formula is C10H9ClO5. The second-order valence-electron chi connectivity index (χ2n) is 2.81. The van der Waals surface area contributed by atoms with Crippen LogP contribution < -0.4 is 0 Å². The van der Waals surface area contributed by atoms with Gasteiger partial charge in [0.2, 0.25) is 0 Å². The van der Waals surface area contributed by atoms with Crippen LogP contribution in [0.3, 0.4) is 0 Å². The number of esters is 2. The Morgan fingerprint density at radius 1 is 1.12 bits per heavy atom. The molecule has 0 fully saturated rings. The maximum absolute atomic E-state index is 11.2. The van der Waals surface area contributed by atoms with E-state index < -0.39 is 17.7 Å². The van der Waals surface area contributed by atoms with E-state index in [-0.39, 0.29) is 16.1 Å². The highest BCUT2D eigenvalue weighted by Crippen LogP contribution is 2.31. The molecule has 0 aliphatic rings. The van der Waals surface area contributed by atoms with Crippen molar-refractivity contribution in [3.63, 3.8) is 0 Å². The number of phenolic OH excluding ortho intramolecular Hbond substituents is 1. The highest BCUT2D eigenvalue weighted by atomic mass is 35.5. The van der Waals surface area contributed by atoms with E-state index >= 15 is 0 Å². The smallest absolute Gasteiger partial charge is 0.341 e. The maximum Gasteiger partial charge on any atom is 0.341 e. The van der Waals surface area contributed by atoms with Gasteiger partial charge in [0.1, 0.15) is 11.3 Å². The van der Waals surface area contributed by atoms with E-state index in [2.05, 4.69) is 9.47 Å². The first-order valence-electron chi connectivity index (χ1n) is 4.21. The number of aromatic hydroxyl groups is 1. The molecule has 5 nitrogen and oxygen atoms in total. The van der Waals surface area contributed by atoms with Crippen molar-refractivity contribution in [2.75, 3.05) is 14.2 Å². The molecule has 0 aliphatic carbocycles. The van der Waals surface area contributed by atoms with Crippen LogP contribution in [0.15, 0.2) is 12.1 Å². The first-order chi connectivity index (χ1) is 7.52. The van der Waals surface area contributed by atoms with Gasteiger partial charge in [-0.25, -0.2) is 9.59 Å². The van der Waals surface area contributed by atoms with Gasteiger partial charge >= 0.3 is 11.9 Å². The molecule has 0 saturated carbocycles. The summed E-state index contributed by atoms with van der Waals surface area (Å²) in [4.78, 5) is 22.4. The number of benzene rings is 1. The van der Waals surface area contributed by atoms with Gasteiger partial charge in [0.25, 0.3) is 0 Å². The summed E-state index contributed by atoms with van der Waals surface area (Å²) >= 11 is 5.71.